The van der Waals surface area contributed by atoms with E-state index in [-0.39, 0.29) is 29.5 Å². The Bertz CT molecular complexity index is 908. The molecule has 2 saturated carbocycles. The van der Waals surface area contributed by atoms with Crippen LogP contribution in [0.4, 0.5) is 4.39 Å². The van der Waals surface area contributed by atoms with Crippen molar-refractivity contribution in [1.82, 2.24) is 0 Å². The molecule has 160 valence electrons. The van der Waals surface area contributed by atoms with Gasteiger partial charge in [-0.3, -0.25) is 4.79 Å². The van der Waals surface area contributed by atoms with Crippen molar-refractivity contribution in [1.29, 1.82) is 0 Å². The Balaban J connectivity index is 1.40. The summed E-state index contributed by atoms with van der Waals surface area (Å²) in [5, 5.41) is 0. The van der Waals surface area contributed by atoms with Crippen molar-refractivity contribution in [2.45, 2.75) is 38.0 Å². The minimum atomic E-state index is -0.186. The van der Waals surface area contributed by atoms with E-state index in [0.717, 1.165) is 30.6 Å². The molecule has 4 atom stereocenters. The Morgan fingerprint density at radius 1 is 1.13 bits per heavy atom. The number of esters is 1. The van der Waals surface area contributed by atoms with Crippen molar-refractivity contribution in [2.24, 2.45) is 17.8 Å². The molecule has 30 heavy (non-hydrogen) atoms. The van der Waals surface area contributed by atoms with Crippen LogP contribution in [0, 0.1) is 23.6 Å². The minimum Gasteiger partial charge on any atom is -0.497 e. The van der Waals surface area contributed by atoms with Gasteiger partial charge >= 0.3 is 5.97 Å². The third-order valence-electron chi connectivity index (χ3n) is 6.47. The molecule has 2 fully saturated rings. The van der Waals surface area contributed by atoms with Crippen LogP contribution in [0.1, 0.15) is 49.1 Å². The lowest BCUT2D eigenvalue weighted by atomic mass is 9.83. The molecule has 0 spiro atoms. The first-order valence-corrected chi connectivity index (χ1v) is 10.7. The van der Waals surface area contributed by atoms with Gasteiger partial charge in [0, 0.05) is 5.92 Å². The predicted molar refractivity (Wildman–Crippen MR) is 112 cm³/mol. The molecule has 2 aliphatic rings. The van der Waals surface area contributed by atoms with Crippen molar-refractivity contribution < 1.29 is 23.4 Å². The highest BCUT2D eigenvalue weighted by Crippen LogP contribution is 2.50. The third-order valence-corrected chi connectivity index (χ3v) is 6.47. The van der Waals surface area contributed by atoms with Crippen molar-refractivity contribution in [3.63, 3.8) is 0 Å². The van der Waals surface area contributed by atoms with Gasteiger partial charge in [0.1, 0.15) is 17.3 Å². The van der Waals surface area contributed by atoms with Crippen LogP contribution in [-0.4, -0.2) is 26.8 Å². The summed E-state index contributed by atoms with van der Waals surface area (Å²) in [6.45, 7) is 2.49. The molecule has 0 radical (unpaired) electrons. The molecule has 2 aromatic carbocycles. The molecule has 0 bridgehead atoms. The van der Waals surface area contributed by atoms with Crippen LogP contribution in [0.25, 0.3) is 0 Å². The van der Waals surface area contributed by atoms with Gasteiger partial charge in [-0.05, 0) is 78.5 Å². The Morgan fingerprint density at radius 3 is 2.63 bits per heavy atom. The standard InChI is InChI=1S/C25H29FO4/c1-15(25(27)29-3)24(16-7-8-16)17-5-4-6-20(11-17)30-14-18-12-21(18)22-13-19(28-2)9-10-23(22)26/h4-6,9-11,13,15-16,18,21,24H,7-8,12,14H2,1-3H3/t15-,18?,21+,24-/m0/s1. The summed E-state index contributed by atoms with van der Waals surface area (Å²) in [4.78, 5) is 12.1. The monoisotopic (exact) mass is 412 g/mol. The van der Waals surface area contributed by atoms with E-state index in [1.807, 2.05) is 25.1 Å². The summed E-state index contributed by atoms with van der Waals surface area (Å²) in [7, 11) is 3.03. The van der Waals surface area contributed by atoms with E-state index in [9.17, 15) is 9.18 Å². The average molecular weight is 413 g/mol. The second-order valence-corrected chi connectivity index (χ2v) is 8.55. The molecular formula is C25H29FO4. The van der Waals surface area contributed by atoms with E-state index in [1.54, 1.807) is 19.2 Å². The largest absolute Gasteiger partial charge is 0.497 e. The second-order valence-electron chi connectivity index (χ2n) is 8.55. The van der Waals surface area contributed by atoms with E-state index < -0.39 is 0 Å². The zero-order chi connectivity index (χ0) is 21.3. The SMILES string of the molecule is COC(=O)[C@@H](C)[C@H](c1cccc(OCC2C[C@H]2c2cc(OC)ccc2F)c1)C1CC1. The van der Waals surface area contributed by atoms with Gasteiger partial charge in [-0.1, -0.05) is 19.1 Å². The Morgan fingerprint density at radius 2 is 1.93 bits per heavy atom. The number of carbonyl (C=O) groups is 1. The van der Waals surface area contributed by atoms with Crippen molar-refractivity contribution in [3.8, 4) is 11.5 Å². The molecule has 0 aromatic heterocycles. The van der Waals surface area contributed by atoms with Crippen LogP contribution in [0.3, 0.4) is 0 Å². The topological polar surface area (TPSA) is 44.8 Å². The first-order chi connectivity index (χ1) is 14.5. The van der Waals surface area contributed by atoms with E-state index >= 15 is 0 Å². The number of hydrogen-bond acceptors (Lipinski definition) is 4. The number of carbonyl (C=O) groups excluding carboxylic acids is 1. The quantitative estimate of drug-likeness (QED) is 0.523. The van der Waals surface area contributed by atoms with Gasteiger partial charge in [0.05, 0.1) is 26.7 Å². The average Bonchev–Trinajstić information content (AvgIpc) is 3.68. The first-order valence-electron chi connectivity index (χ1n) is 10.7. The van der Waals surface area contributed by atoms with Gasteiger partial charge < -0.3 is 14.2 Å². The molecular weight excluding hydrogens is 383 g/mol. The Hall–Kier alpha value is -2.56. The second kappa shape index (κ2) is 8.66. The predicted octanol–water partition coefficient (Wildman–Crippen LogP) is 5.32. The maximum absolute atomic E-state index is 14.2. The highest BCUT2D eigenvalue weighted by atomic mass is 19.1. The fraction of sp³-hybridized carbons (Fsp3) is 0.480. The van der Waals surface area contributed by atoms with Crippen LogP contribution < -0.4 is 9.47 Å². The fourth-order valence-corrected chi connectivity index (χ4v) is 4.52. The molecule has 1 unspecified atom stereocenters. The first kappa shape index (κ1) is 20.7. The van der Waals surface area contributed by atoms with Gasteiger partial charge in [-0.15, -0.1) is 0 Å². The van der Waals surface area contributed by atoms with Crippen LogP contribution >= 0.6 is 0 Å². The van der Waals surface area contributed by atoms with Crippen molar-refractivity contribution in [2.75, 3.05) is 20.8 Å². The van der Waals surface area contributed by atoms with Crippen molar-refractivity contribution in [3.05, 3.63) is 59.4 Å². The van der Waals surface area contributed by atoms with E-state index in [1.165, 1.54) is 13.2 Å². The number of halogens is 1. The zero-order valence-corrected chi connectivity index (χ0v) is 17.8. The fourth-order valence-electron chi connectivity index (χ4n) is 4.52. The molecule has 0 heterocycles. The summed E-state index contributed by atoms with van der Waals surface area (Å²) < 4.78 is 30.5. The number of benzene rings is 2. The highest BCUT2D eigenvalue weighted by molar-refractivity contribution is 5.73. The van der Waals surface area contributed by atoms with Crippen LogP contribution in [0.2, 0.25) is 0 Å². The maximum atomic E-state index is 14.2. The van der Waals surface area contributed by atoms with Gasteiger partial charge in [-0.25, -0.2) is 4.39 Å². The van der Waals surface area contributed by atoms with Crippen LogP contribution in [-0.2, 0) is 9.53 Å². The zero-order valence-electron chi connectivity index (χ0n) is 17.8. The Kier molecular flexibility index (Phi) is 5.98. The van der Waals surface area contributed by atoms with E-state index in [2.05, 4.69) is 6.07 Å². The summed E-state index contributed by atoms with van der Waals surface area (Å²) in [5.74, 6) is 2.09. The van der Waals surface area contributed by atoms with E-state index in [4.69, 9.17) is 14.2 Å². The molecule has 4 nitrogen and oxygen atoms in total. The lowest BCUT2D eigenvalue weighted by Crippen LogP contribution is -2.22. The molecule has 0 amide bonds. The molecule has 5 heteroatoms. The minimum absolute atomic E-state index is 0.153. The lowest BCUT2D eigenvalue weighted by Gasteiger charge is -2.23. The molecule has 2 aromatic rings. The summed E-state index contributed by atoms with van der Waals surface area (Å²) in [6.07, 6.45) is 3.20. The van der Waals surface area contributed by atoms with Gasteiger partial charge in [0.25, 0.3) is 0 Å². The number of hydrogen-bond donors (Lipinski definition) is 0. The van der Waals surface area contributed by atoms with Crippen LogP contribution in [0.15, 0.2) is 42.5 Å². The smallest absolute Gasteiger partial charge is 0.309 e. The van der Waals surface area contributed by atoms with Gasteiger partial charge in [0.15, 0.2) is 0 Å². The lowest BCUT2D eigenvalue weighted by molar-refractivity contribution is -0.145. The van der Waals surface area contributed by atoms with Crippen molar-refractivity contribution >= 4 is 5.97 Å². The molecule has 0 N–H and O–H groups in total. The highest BCUT2D eigenvalue weighted by Gasteiger charge is 2.41. The molecule has 2 aliphatic carbocycles. The van der Waals surface area contributed by atoms with Crippen LogP contribution in [0.5, 0.6) is 11.5 Å². The van der Waals surface area contributed by atoms with Gasteiger partial charge in [-0.2, -0.15) is 0 Å². The molecule has 4 rings (SSSR count). The maximum Gasteiger partial charge on any atom is 0.309 e. The number of rotatable bonds is 9. The van der Waals surface area contributed by atoms with Gasteiger partial charge in [0.2, 0.25) is 0 Å². The summed E-state index contributed by atoms with van der Waals surface area (Å²) in [6, 6.07) is 12.9. The third kappa shape index (κ3) is 4.45. The Labute approximate surface area is 177 Å². The molecule has 0 aliphatic heterocycles. The summed E-state index contributed by atoms with van der Waals surface area (Å²) in [5.41, 5.74) is 1.83. The summed E-state index contributed by atoms with van der Waals surface area (Å²) >= 11 is 0. The van der Waals surface area contributed by atoms with E-state index in [0.29, 0.717) is 29.8 Å². The number of methoxy groups -OCH3 is 2. The normalized spacial score (nSPS) is 22.1. The number of ether oxygens (including phenoxy) is 3. The molecule has 0 saturated heterocycles.